The molecule has 8 nitrogen and oxygen atoms in total. The van der Waals surface area contributed by atoms with E-state index in [0.717, 1.165) is 12.8 Å². The zero-order valence-corrected chi connectivity index (χ0v) is 9.52. The second-order valence-corrected chi connectivity index (χ2v) is 3.46. The van der Waals surface area contributed by atoms with Gasteiger partial charge in [0.25, 0.3) is 5.91 Å². The van der Waals surface area contributed by atoms with Crippen LogP contribution in [0.1, 0.15) is 35.6 Å². The smallest absolute Gasteiger partial charge is 0.315 e. The number of aromatic amines is 1. The number of aryl methyl sites for hydroxylation is 2. The van der Waals surface area contributed by atoms with Gasteiger partial charge in [-0.05, 0) is 13.3 Å². The molecule has 0 radical (unpaired) electrons. The van der Waals surface area contributed by atoms with Crippen LogP contribution in [0.25, 0.3) is 0 Å². The highest BCUT2D eigenvalue weighted by Crippen LogP contribution is 2.04. The van der Waals surface area contributed by atoms with Crippen LogP contribution in [0, 0.1) is 6.92 Å². The molecule has 0 atom stereocenters. The maximum Gasteiger partial charge on any atom is 0.328 e. The van der Waals surface area contributed by atoms with Gasteiger partial charge in [0, 0.05) is 6.42 Å². The summed E-state index contributed by atoms with van der Waals surface area (Å²) >= 11 is 0. The lowest BCUT2D eigenvalue weighted by molar-refractivity contribution is 0.101. The lowest BCUT2D eigenvalue weighted by atomic mass is 10.3. The quantitative estimate of drug-likeness (QED) is 0.808. The van der Waals surface area contributed by atoms with Crippen LogP contribution in [0.5, 0.6) is 0 Å². The Balaban J connectivity index is 2.03. The number of carbonyl (C=O) groups excluding carboxylic acids is 1. The first kappa shape index (κ1) is 11.2. The molecule has 2 heterocycles. The van der Waals surface area contributed by atoms with Gasteiger partial charge in [0.2, 0.25) is 5.82 Å². The molecule has 2 aromatic heterocycles. The summed E-state index contributed by atoms with van der Waals surface area (Å²) in [5.41, 5.74) is 0. The number of amides is 1. The van der Waals surface area contributed by atoms with Crippen molar-refractivity contribution in [2.75, 3.05) is 5.32 Å². The maximum absolute atomic E-state index is 11.7. The van der Waals surface area contributed by atoms with Gasteiger partial charge < -0.3 is 4.52 Å². The Bertz CT molecular complexity index is 517. The van der Waals surface area contributed by atoms with E-state index >= 15 is 0 Å². The Morgan fingerprint density at radius 1 is 1.47 bits per heavy atom. The van der Waals surface area contributed by atoms with Crippen LogP contribution in [0.3, 0.4) is 0 Å². The summed E-state index contributed by atoms with van der Waals surface area (Å²) in [6.07, 6.45) is 1.68. The van der Waals surface area contributed by atoms with Crippen LogP contribution in [0.2, 0.25) is 0 Å². The van der Waals surface area contributed by atoms with Gasteiger partial charge >= 0.3 is 6.01 Å². The van der Waals surface area contributed by atoms with Gasteiger partial charge in [-0.3, -0.25) is 15.2 Å². The lowest BCUT2D eigenvalue weighted by Gasteiger charge is -1.93. The van der Waals surface area contributed by atoms with E-state index < -0.39 is 5.91 Å². The molecular weight excluding hydrogens is 224 g/mol. The number of H-pyrrole nitrogens is 1. The monoisotopic (exact) mass is 236 g/mol. The first-order valence-electron chi connectivity index (χ1n) is 5.22. The molecule has 2 aromatic rings. The van der Waals surface area contributed by atoms with Gasteiger partial charge in [0.05, 0.1) is 0 Å². The van der Waals surface area contributed by atoms with E-state index in [1.54, 1.807) is 6.92 Å². The fraction of sp³-hybridized carbons (Fsp3) is 0.444. The SMILES string of the molecule is CCCc1nc(C(=O)Nc2nc(C)no2)n[nH]1. The number of hydrogen-bond acceptors (Lipinski definition) is 6. The molecule has 0 aliphatic rings. The molecule has 17 heavy (non-hydrogen) atoms. The Labute approximate surface area is 96.8 Å². The number of nitrogens with one attached hydrogen (secondary N) is 2. The third-order valence-corrected chi connectivity index (χ3v) is 1.97. The van der Waals surface area contributed by atoms with Crippen LogP contribution >= 0.6 is 0 Å². The summed E-state index contributed by atoms with van der Waals surface area (Å²) in [5.74, 6) is 0.706. The van der Waals surface area contributed by atoms with E-state index in [2.05, 4.69) is 30.6 Å². The van der Waals surface area contributed by atoms with Crippen molar-refractivity contribution in [3.05, 3.63) is 17.5 Å². The minimum Gasteiger partial charge on any atom is -0.315 e. The van der Waals surface area contributed by atoms with Crippen molar-refractivity contribution in [3.8, 4) is 0 Å². The normalized spacial score (nSPS) is 10.5. The fourth-order valence-corrected chi connectivity index (χ4v) is 1.25. The molecule has 0 aliphatic heterocycles. The van der Waals surface area contributed by atoms with Crippen LogP contribution in [-0.4, -0.2) is 31.2 Å². The van der Waals surface area contributed by atoms with E-state index in [0.29, 0.717) is 11.6 Å². The summed E-state index contributed by atoms with van der Waals surface area (Å²) in [7, 11) is 0. The second-order valence-electron chi connectivity index (χ2n) is 3.46. The average molecular weight is 236 g/mol. The van der Waals surface area contributed by atoms with Crippen molar-refractivity contribution in [2.24, 2.45) is 0 Å². The molecule has 90 valence electrons. The van der Waals surface area contributed by atoms with E-state index in [4.69, 9.17) is 4.52 Å². The number of aromatic nitrogens is 5. The van der Waals surface area contributed by atoms with Gasteiger partial charge in [-0.1, -0.05) is 12.1 Å². The summed E-state index contributed by atoms with van der Waals surface area (Å²) in [6, 6.07) is 0.0364. The molecule has 0 saturated heterocycles. The zero-order valence-electron chi connectivity index (χ0n) is 9.52. The molecule has 1 amide bonds. The van der Waals surface area contributed by atoms with E-state index in [1.165, 1.54) is 0 Å². The van der Waals surface area contributed by atoms with Crippen LogP contribution in [0.15, 0.2) is 4.52 Å². The van der Waals surface area contributed by atoms with Crippen LogP contribution in [-0.2, 0) is 6.42 Å². The van der Waals surface area contributed by atoms with Crippen LogP contribution in [0.4, 0.5) is 6.01 Å². The van der Waals surface area contributed by atoms with E-state index in [1.807, 2.05) is 6.92 Å². The molecular formula is C9H12N6O2. The van der Waals surface area contributed by atoms with Gasteiger partial charge in [0.1, 0.15) is 5.82 Å². The fourth-order valence-electron chi connectivity index (χ4n) is 1.25. The number of rotatable bonds is 4. The molecule has 0 saturated carbocycles. The molecule has 8 heteroatoms. The molecule has 0 aliphatic carbocycles. The van der Waals surface area contributed by atoms with Gasteiger partial charge in [-0.15, -0.1) is 5.10 Å². The molecule has 0 unspecified atom stereocenters. The first-order valence-corrected chi connectivity index (χ1v) is 5.22. The highest BCUT2D eigenvalue weighted by atomic mass is 16.5. The molecule has 0 aromatic carbocycles. The van der Waals surface area contributed by atoms with Gasteiger partial charge in [-0.25, -0.2) is 4.98 Å². The van der Waals surface area contributed by atoms with E-state index in [9.17, 15) is 4.79 Å². The second kappa shape index (κ2) is 4.73. The Kier molecular flexibility index (Phi) is 3.12. The minimum atomic E-state index is -0.479. The van der Waals surface area contributed by atoms with Crippen molar-refractivity contribution < 1.29 is 9.32 Å². The van der Waals surface area contributed by atoms with Gasteiger partial charge in [-0.2, -0.15) is 4.98 Å². The molecule has 0 bridgehead atoms. The zero-order chi connectivity index (χ0) is 12.3. The number of hydrogen-bond donors (Lipinski definition) is 2. The molecule has 0 spiro atoms. The van der Waals surface area contributed by atoms with Gasteiger partial charge in [0.15, 0.2) is 5.82 Å². The largest absolute Gasteiger partial charge is 0.328 e. The predicted molar refractivity (Wildman–Crippen MR) is 57.4 cm³/mol. The highest BCUT2D eigenvalue weighted by molar-refractivity contribution is 6.00. The number of anilines is 1. The summed E-state index contributed by atoms with van der Waals surface area (Å²) < 4.78 is 4.75. The topological polar surface area (TPSA) is 110 Å². The minimum absolute atomic E-state index is 0.0364. The Morgan fingerprint density at radius 2 is 2.29 bits per heavy atom. The first-order chi connectivity index (χ1) is 8.19. The third-order valence-electron chi connectivity index (χ3n) is 1.97. The summed E-state index contributed by atoms with van der Waals surface area (Å²) in [5, 5.41) is 12.4. The standard InChI is InChI=1S/C9H12N6O2/c1-3-4-6-11-7(14-13-6)8(16)12-9-10-5(2)15-17-9/h3-4H2,1-2H3,(H,11,13,14)(H,10,12,15,16). The Hall–Kier alpha value is -2.25. The molecule has 2 rings (SSSR count). The predicted octanol–water partition coefficient (Wildman–Crippen LogP) is 0.701. The maximum atomic E-state index is 11.7. The third kappa shape index (κ3) is 2.65. The van der Waals surface area contributed by atoms with Crippen molar-refractivity contribution in [2.45, 2.75) is 26.7 Å². The highest BCUT2D eigenvalue weighted by Gasteiger charge is 2.15. The molecule has 2 N–H and O–H groups in total. The Morgan fingerprint density at radius 3 is 2.94 bits per heavy atom. The number of nitrogens with zero attached hydrogens (tertiary/aromatic N) is 4. The van der Waals surface area contributed by atoms with Crippen molar-refractivity contribution in [1.29, 1.82) is 0 Å². The number of carbonyl (C=O) groups is 1. The van der Waals surface area contributed by atoms with E-state index in [-0.39, 0.29) is 11.8 Å². The van der Waals surface area contributed by atoms with Crippen LogP contribution < -0.4 is 5.32 Å². The van der Waals surface area contributed by atoms with Crippen molar-refractivity contribution >= 4 is 11.9 Å². The van der Waals surface area contributed by atoms with Crippen molar-refractivity contribution in [3.63, 3.8) is 0 Å². The summed E-state index contributed by atoms with van der Waals surface area (Å²) in [6.45, 7) is 3.68. The summed E-state index contributed by atoms with van der Waals surface area (Å²) in [4.78, 5) is 19.5. The molecule has 0 fully saturated rings. The lowest BCUT2D eigenvalue weighted by Crippen LogP contribution is -2.14. The van der Waals surface area contributed by atoms with Crippen molar-refractivity contribution in [1.82, 2.24) is 25.3 Å². The average Bonchev–Trinajstić information content (AvgIpc) is 2.88.